The summed E-state index contributed by atoms with van der Waals surface area (Å²) in [5, 5.41) is 11.1. The van der Waals surface area contributed by atoms with Crippen LogP contribution in [-0.2, 0) is 4.79 Å². The average Bonchev–Trinajstić information content (AvgIpc) is 3.16. The molecule has 4 aromatic rings. The molecule has 0 bridgehead atoms. The maximum absolute atomic E-state index is 13.2. The van der Waals surface area contributed by atoms with Crippen LogP contribution >= 0.6 is 23.5 Å². The minimum Gasteiger partial charge on any atom is -0.335 e. The van der Waals surface area contributed by atoms with Gasteiger partial charge in [-0.3, -0.25) is 4.79 Å². The second-order valence-corrected chi connectivity index (χ2v) is 9.27. The molecule has 32 heavy (non-hydrogen) atoms. The van der Waals surface area contributed by atoms with Crippen LogP contribution in [0.3, 0.4) is 0 Å². The highest BCUT2D eigenvalue weighted by Crippen LogP contribution is 2.34. The number of para-hydroxylation sites is 1. The molecular weight excluding hydrogens is 445 g/mol. The van der Waals surface area contributed by atoms with Crippen molar-refractivity contribution in [1.82, 2.24) is 14.9 Å². The van der Waals surface area contributed by atoms with Crippen LogP contribution in [0.25, 0.3) is 11.4 Å². The molecule has 3 N–H and O–H groups in total. The van der Waals surface area contributed by atoms with Crippen molar-refractivity contribution >= 4 is 35.1 Å². The van der Waals surface area contributed by atoms with Gasteiger partial charge >= 0.3 is 0 Å². The summed E-state index contributed by atoms with van der Waals surface area (Å²) < 4.78 is 14.5. The van der Waals surface area contributed by atoms with Crippen molar-refractivity contribution in [3.63, 3.8) is 0 Å². The normalized spacial score (nSPS) is 11.8. The maximum atomic E-state index is 13.2. The van der Waals surface area contributed by atoms with E-state index in [0.717, 1.165) is 15.5 Å². The van der Waals surface area contributed by atoms with Gasteiger partial charge in [0, 0.05) is 15.4 Å². The second-order valence-electron chi connectivity index (χ2n) is 6.84. The zero-order chi connectivity index (χ0) is 22.5. The Labute approximate surface area is 193 Å². The minimum absolute atomic E-state index is 0.178. The predicted octanol–water partition coefficient (Wildman–Crippen LogP) is 5.07. The lowest BCUT2D eigenvalue weighted by Gasteiger charge is -2.14. The number of benzene rings is 3. The fourth-order valence-electron chi connectivity index (χ4n) is 2.87. The van der Waals surface area contributed by atoms with Gasteiger partial charge in [-0.1, -0.05) is 53.9 Å². The quantitative estimate of drug-likeness (QED) is 0.293. The Bertz CT molecular complexity index is 1210. The Balaban J connectivity index is 1.45. The topological polar surface area (TPSA) is 85.8 Å². The number of hydrogen-bond acceptors (Lipinski definition) is 6. The smallest absolute Gasteiger partial charge is 0.237 e. The number of thioether (sulfide) groups is 1. The Morgan fingerprint density at radius 2 is 1.69 bits per heavy atom. The molecular formula is C23H20FN5OS2. The van der Waals surface area contributed by atoms with E-state index in [9.17, 15) is 9.18 Å². The number of nitrogen functional groups attached to an aromatic ring is 1. The molecule has 1 unspecified atom stereocenters. The number of nitrogens with two attached hydrogens (primary N) is 1. The molecule has 0 saturated heterocycles. The second kappa shape index (κ2) is 9.88. The Morgan fingerprint density at radius 3 is 2.44 bits per heavy atom. The van der Waals surface area contributed by atoms with Crippen molar-refractivity contribution < 1.29 is 9.18 Å². The van der Waals surface area contributed by atoms with Gasteiger partial charge in [0.25, 0.3) is 0 Å². The van der Waals surface area contributed by atoms with Crippen molar-refractivity contribution in [2.24, 2.45) is 0 Å². The number of hydrogen-bond donors (Lipinski definition) is 2. The SMILES string of the molecule is CC(Sc1nnc(-c2ccc(F)cc2)n1N)C(=O)Nc1ccccc1Sc1ccccc1. The van der Waals surface area contributed by atoms with Crippen molar-refractivity contribution in [2.45, 2.75) is 27.1 Å². The highest BCUT2D eigenvalue weighted by molar-refractivity contribution is 8.00. The van der Waals surface area contributed by atoms with Crippen LogP contribution in [0, 0.1) is 5.82 Å². The van der Waals surface area contributed by atoms with E-state index in [1.165, 1.54) is 28.6 Å². The van der Waals surface area contributed by atoms with E-state index >= 15 is 0 Å². The number of nitrogens with one attached hydrogen (secondary N) is 1. The molecule has 6 nitrogen and oxygen atoms in total. The van der Waals surface area contributed by atoms with E-state index in [1.54, 1.807) is 30.8 Å². The molecule has 0 radical (unpaired) electrons. The lowest BCUT2D eigenvalue weighted by atomic mass is 10.2. The number of amides is 1. The first-order valence-electron chi connectivity index (χ1n) is 9.77. The van der Waals surface area contributed by atoms with E-state index in [1.807, 2.05) is 54.6 Å². The standard InChI is InChI=1S/C23H20FN5OS2/c1-15(31-23-28-27-21(29(23)25)16-11-13-17(24)14-12-16)22(30)26-19-9-5-6-10-20(19)32-18-7-3-2-4-8-18/h2-15H,25H2,1H3,(H,26,30). The molecule has 1 amide bonds. The van der Waals surface area contributed by atoms with E-state index < -0.39 is 5.25 Å². The van der Waals surface area contributed by atoms with Crippen molar-refractivity contribution in [2.75, 3.05) is 11.2 Å². The third kappa shape index (κ3) is 5.12. The zero-order valence-corrected chi connectivity index (χ0v) is 18.7. The lowest BCUT2D eigenvalue weighted by molar-refractivity contribution is -0.115. The number of nitrogens with zero attached hydrogens (tertiary/aromatic N) is 3. The largest absolute Gasteiger partial charge is 0.335 e. The first-order valence-corrected chi connectivity index (χ1v) is 11.5. The summed E-state index contributed by atoms with van der Waals surface area (Å²) in [6.07, 6.45) is 0. The first-order chi connectivity index (χ1) is 15.5. The van der Waals surface area contributed by atoms with Gasteiger partial charge in [0.15, 0.2) is 5.82 Å². The van der Waals surface area contributed by atoms with Gasteiger partial charge in [-0.15, -0.1) is 10.2 Å². The molecule has 1 aromatic heterocycles. The van der Waals surface area contributed by atoms with Crippen molar-refractivity contribution in [3.8, 4) is 11.4 Å². The summed E-state index contributed by atoms with van der Waals surface area (Å²) in [4.78, 5) is 14.9. The van der Waals surface area contributed by atoms with Gasteiger partial charge in [0.1, 0.15) is 5.82 Å². The summed E-state index contributed by atoms with van der Waals surface area (Å²) in [6, 6.07) is 23.4. The third-order valence-corrected chi connectivity index (χ3v) is 6.67. The van der Waals surface area contributed by atoms with Gasteiger partial charge in [-0.25, -0.2) is 9.07 Å². The Hall–Kier alpha value is -3.30. The zero-order valence-electron chi connectivity index (χ0n) is 17.1. The molecule has 0 aliphatic heterocycles. The van der Waals surface area contributed by atoms with Gasteiger partial charge in [-0.2, -0.15) is 0 Å². The predicted molar refractivity (Wildman–Crippen MR) is 127 cm³/mol. The molecule has 0 saturated carbocycles. The summed E-state index contributed by atoms with van der Waals surface area (Å²) in [7, 11) is 0. The first kappa shape index (κ1) is 21.9. The number of carbonyl (C=O) groups excluding carboxylic acids is 1. The number of rotatable bonds is 7. The Kier molecular flexibility index (Phi) is 6.77. The van der Waals surface area contributed by atoms with Crippen LogP contribution in [0.4, 0.5) is 10.1 Å². The summed E-state index contributed by atoms with van der Waals surface area (Å²) in [6.45, 7) is 1.78. The maximum Gasteiger partial charge on any atom is 0.237 e. The van der Waals surface area contributed by atoms with E-state index in [2.05, 4.69) is 15.5 Å². The fraction of sp³-hybridized carbons (Fsp3) is 0.0870. The highest BCUT2D eigenvalue weighted by Gasteiger charge is 2.21. The summed E-state index contributed by atoms with van der Waals surface area (Å²) in [5.74, 6) is 6.00. The van der Waals surface area contributed by atoms with E-state index in [0.29, 0.717) is 16.5 Å². The van der Waals surface area contributed by atoms with Crippen LogP contribution in [0.1, 0.15) is 6.92 Å². The lowest BCUT2D eigenvalue weighted by Crippen LogP contribution is -2.24. The molecule has 0 fully saturated rings. The Morgan fingerprint density at radius 1 is 1.00 bits per heavy atom. The number of anilines is 1. The number of halogens is 1. The van der Waals surface area contributed by atoms with Crippen LogP contribution in [0.15, 0.2) is 93.8 Å². The summed E-state index contributed by atoms with van der Waals surface area (Å²) >= 11 is 2.78. The molecule has 0 aliphatic rings. The number of aromatic nitrogens is 3. The number of carbonyl (C=O) groups is 1. The highest BCUT2D eigenvalue weighted by atomic mass is 32.2. The fourth-order valence-corrected chi connectivity index (χ4v) is 4.57. The molecule has 162 valence electrons. The van der Waals surface area contributed by atoms with E-state index in [-0.39, 0.29) is 11.7 Å². The van der Waals surface area contributed by atoms with E-state index in [4.69, 9.17) is 5.84 Å². The van der Waals surface area contributed by atoms with Crippen molar-refractivity contribution in [3.05, 3.63) is 84.7 Å². The van der Waals surface area contributed by atoms with Gasteiger partial charge < -0.3 is 11.2 Å². The summed E-state index contributed by atoms with van der Waals surface area (Å²) in [5.41, 5.74) is 1.37. The third-order valence-electron chi connectivity index (χ3n) is 4.53. The van der Waals surface area contributed by atoms with Crippen LogP contribution in [0.2, 0.25) is 0 Å². The van der Waals surface area contributed by atoms with Crippen LogP contribution in [-0.4, -0.2) is 26.0 Å². The molecule has 1 heterocycles. The molecule has 0 aliphatic carbocycles. The monoisotopic (exact) mass is 465 g/mol. The minimum atomic E-state index is -0.475. The van der Waals surface area contributed by atoms with Crippen LogP contribution < -0.4 is 11.2 Å². The molecule has 9 heteroatoms. The molecule has 0 spiro atoms. The molecule has 4 rings (SSSR count). The van der Waals surface area contributed by atoms with Crippen LogP contribution in [0.5, 0.6) is 0 Å². The van der Waals surface area contributed by atoms with Crippen molar-refractivity contribution in [1.29, 1.82) is 0 Å². The van der Waals surface area contributed by atoms with Gasteiger partial charge in [-0.05, 0) is 55.5 Å². The average molecular weight is 466 g/mol. The van der Waals surface area contributed by atoms with Gasteiger partial charge in [0.05, 0.1) is 10.9 Å². The molecule has 1 atom stereocenters. The van der Waals surface area contributed by atoms with Gasteiger partial charge in [0.2, 0.25) is 11.1 Å². The molecule has 3 aromatic carbocycles.